The molecule has 0 aliphatic heterocycles. The molecule has 1 aromatic heterocycles. The Morgan fingerprint density at radius 1 is 1.48 bits per heavy atom. The van der Waals surface area contributed by atoms with Gasteiger partial charge in [-0.3, -0.25) is 10.1 Å². The molecule has 1 fully saturated rings. The van der Waals surface area contributed by atoms with E-state index in [-0.39, 0.29) is 17.3 Å². The summed E-state index contributed by atoms with van der Waals surface area (Å²) in [5.74, 6) is 0. The molecule has 0 bridgehead atoms. The van der Waals surface area contributed by atoms with Gasteiger partial charge in [-0.25, -0.2) is 4.79 Å². The molecule has 1 aromatic rings. The summed E-state index contributed by atoms with van der Waals surface area (Å²) in [6.45, 7) is 5.19. The lowest BCUT2D eigenvalue weighted by Gasteiger charge is -2.35. The number of ether oxygens (including phenoxy) is 2. The van der Waals surface area contributed by atoms with Crippen LogP contribution in [0, 0.1) is 0 Å². The van der Waals surface area contributed by atoms with Gasteiger partial charge in [-0.2, -0.15) is 0 Å². The van der Waals surface area contributed by atoms with Gasteiger partial charge in [0.15, 0.2) is 0 Å². The summed E-state index contributed by atoms with van der Waals surface area (Å²) in [4.78, 5) is 24.2. The molecular weight excluding hydrogens is 272 g/mol. The minimum absolute atomic E-state index is 0.118. The Hall–Kier alpha value is -1.82. The van der Waals surface area contributed by atoms with Crippen LogP contribution in [0.15, 0.2) is 23.1 Å². The number of carbonyl (C=O) groups is 1. The highest BCUT2D eigenvalue weighted by Crippen LogP contribution is 2.33. The van der Waals surface area contributed by atoms with E-state index in [1.165, 1.54) is 10.6 Å². The number of anilines is 1. The number of amides is 1. The zero-order chi connectivity index (χ0) is 18.1. The van der Waals surface area contributed by atoms with Crippen LogP contribution in [0.3, 0.4) is 0 Å². The number of rotatable bonds is 3. The zero-order valence-electron chi connectivity index (χ0n) is 15.4. The largest absolute Gasteiger partial charge is 0.444 e. The highest BCUT2D eigenvalue weighted by Gasteiger charge is 2.31. The molecule has 0 spiro atoms. The van der Waals surface area contributed by atoms with Crippen molar-refractivity contribution < 1.29 is 18.4 Å². The van der Waals surface area contributed by atoms with Gasteiger partial charge in [0.2, 0.25) is 0 Å². The SMILES string of the molecule is [2H]C([2H])([2H])OC1CC(n2cccc(NC(=O)OC(C)(C)C)c2=O)C1. The number of hydrogen-bond donors (Lipinski definition) is 1. The topological polar surface area (TPSA) is 69.6 Å². The maximum atomic E-state index is 12.4. The zero-order valence-corrected chi connectivity index (χ0v) is 12.4. The summed E-state index contributed by atoms with van der Waals surface area (Å²) in [6.07, 6.45) is 1.40. The van der Waals surface area contributed by atoms with Gasteiger partial charge in [0.1, 0.15) is 11.3 Å². The van der Waals surface area contributed by atoms with Crippen molar-refractivity contribution in [3.05, 3.63) is 28.7 Å². The maximum Gasteiger partial charge on any atom is 0.412 e. The van der Waals surface area contributed by atoms with E-state index in [9.17, 15) is 9.59 Å². The summed E-state index contributed by atoms with van der Waals surface area (Å²) >= 11 is 0. The molecule has 6 nitrogen and oxygen atoms in total. The van der Waals surface area contributed by atoms with E-state index in [0.717, 1.165) is 0 Å². The van der Waals surface area contributed by atoms with Crippen molar-refractivity contribution in [3.63, 3.8) is 0 Å². The molecule has 0 atom stereocenters. The van der Waals surface area contributed by atoms with Gasteiger partial charge in [-0.05, 0) is 45.7 Å². The summed E-state index contributed by atoms with van der Waals surface area (Å²) in [6, 6.07) is 2.99. The minimum atomic E-state index is -2.43. The lowest BCUT2D eigenvalue weighted by atomic mass is 9.89. The third kappa shape index (κ3) is 3.85. The molecule has 2 rings (SSSR count). The van der Waals surface area contributed by atoms with Crippen molar-refractivity contribution in [2.24, 2.45) is 0 Å². The quantitative estimate of drug-likeness (QED) is 0.931. The Kier molecular flexibility index (Phi) is 3.31. The Morgan fingerprint density at radius 2 is 2.19 bits per heavy atom. The molecule has 6 heteroatoms. The van der Waals surface area contributed by atoms with Crippen molar-refractivity contribution >= 4 is 11.8 Å². The van der Waals surface area contributed by atoms with E-state index in [2.05, 4.69) is 5.32 Å². The fourth-order valence-electron chi connectivity index (χ4n) is 2.17. The molecule has 116 valence electrons. The van der Waals surface area contributed by atoms with Crippen LogP contribution in [0.25, 0.3) is 0 Å². The molecule has 0 unspecified atom stereocenters. The second kappa shape index (κ2) is 5.89. The normalized spacial score (nSPS) is 24.2. The van der Waals surface area contributed by atoms with Gasteiger partial charge in [0, 0.05) is 19.3 Å². The molecule has 0 radical (unpaired) electrons. The number of nitrogens with one attached hydrogen (secondary N) is 1. The minimum Gasteiger partial charge on any atom is -0.444 e. The second-order valence-corrected chi connectivity index (χ2v) is 6.13. The van der Waals surface area contributed by atoms with Crippen LogP contribution in [-0.4, -0.2) is 29.4 Å². The highest BCUT2D eigenvalue weighted by molar-refractivity contribution is 5.84. The predicted molar refractivity (Wildman–Crippen MR) is 79.6 cm³/mol. The molecule has 1 aliphatic carbocycles. The van der Waals surface area contributed by atoms with Crippen LogP contribution in [-0.2, 0) is 9.47 Å². The second-order valence-electron chi connectivity index (χ2n) is 6.13. The van der Waals surface area contributed by atoms with Crippen molar-refractivity contribution in [1.29, 1.82) is 0 Å². The summed E-state index contributed by atoms with van der Waals surface area (Å²) in [5, 5.41) is 2.44. The van der Waals surface area contributed by atoms with Crippen LogP contribution < -0.4 is 10.9 Å². The first-order valence-corrected chi connectivity index (χ1v) is 6.83. The monoisotopic (exact) mass is 297 g/mol. The van der Waals surface area contributed by atoms with Gasteiger partial charge in [0.25, 0.3) is 5.56 Å². The van der Waals surface area contributed by atoms with E-state index in [1.54, 1.807) is 33.0 Å². The Bertz CT molecular complexity index is 658. The van der Waals surface area contributed by atoms with Crippen LogP contribution in [0.2, 0.25) is 0 Å². The molecule has 0 saturated heterocycles. The molecular formula is C15H22N2O4. The number of nitrogens with zero attached hydrogens (tertiary/aromatic N) is 1. The molecule has 21 heavy (non-hydrogen) atoms. The number of methoxy groups -OCH3 is 1. The third-order valence-corrected chi connectivity index (χ3v) is 3.24. The van der Waals surface area contributed by atoms with Gasteiger partial charge in [0.05, 0.1) is 10.2 Å². The molecule has 1 N–H and O–H groups in total. The molecule has 0 aromatic carbocycles. The van der Waals surface area contributed by atoms with E-state index in [0.29, 0.717) is 12.8 Å². The Balaban J connectivity index is 2.02. The number of pyridine rings is 1. The maximum absolute atomic E-state index is 12.4. The average molecular weight is 297 g/mol. The molecule has 1 saturated carbocycles. The first-order valence-electron chi connectivity index (χ1n) is 8.33. The van der Waals surface area contributed by atoms with E-state index >= 15 is 0 Å². The van der Waals surface area contributed by atoms with E-state index in [1.807, 2.05) is 0 Å². The Labute approximate surface area is 128 Å². The first-order chi connectivity index (χ1) is 10.9. The average Bonchev–Trinajstić information content (AvgIpc) is 2.33. The third-order valence-electron chi connectivity index (χ3n) is 3.24. The van der Waals surface area contributed by atoms with Gasteiger partial charge < -0.3 is 14.0 Å². The van der Waals surface area contributed by atoms with Crippen molar-refractivity contribution in [2.45, 2.75) is 51.4 Å². The van der Waals surface area contributed by atoms with Crippen LogP contribution in [0.5, 0.6) is 0 Å². The fourth-order valence-corrected chi connectivity index (χ4v) is 2.17. The smallest absolute Gasteiger partial charge is 0.412 e. The van der Waals surface area contributed by atoms with E-state index < -0.39 is 24.8 Å². The van der Waals surface area contributed by atoms with Crippen LogP contribution >= 0.6 is 0 Å². The van der Waals surface area contributed by atoms with Crippen molar-refractivity contribution in [1.82, 2.24) is 4.57 Å². The summed E-state index contributed by atoms with van der Waals surface area (Å²) in [5.41, 5.74) is -0.904. The van der Waals surface area contributed by atoms with Gasteiger partial charge in [-0.1, -0.05) is 0 Å². The Morgan fingerprint density at radius 3 is 2.81 bits per heavy atom. The van der Waals surface area contributed by atoms with Crippen molar-refractivity contribution in [2.75, 3.05) is 12.4 Å². The van der Waals surface area contributed by atoms with Crippen molar-refractivity contribution in [3.8, 4) is 0 Å². The van der Waals surface area contributed by atoms with Gasteiger partial charge >= 0.3 is 6.09 Å². The number of hydrogen-bond acceptors (Lipinski definition) is 4. The summed E-state index contributed by atoms with van der Waals surface area (Å²) < 4.78 is 32.7. The van der Waals surface area contributed by atoms with Gasteiger partial charge in [-0.15, -0.1) is 0 Å². The highest BCUT2D eigenvalue weighted by atomic mass is 16.6. The number of carbonyl (C=O) groups excluding carboxylic acids is 1. The van der Waals surface area contributed by atoms with Crippen LogP contribution in [0.1, 0.15) is 43.8 Å². The number of aromatic nitrogens is 1. The molecule has 1 aliphatic rings. The summed E-state index contributed by atoms with van der Waals surface area (Å²) in [7, 11) is -2.43. The predicted octanol–water partition coefficient (Wildman–Crippen LogP) is 2.55. The van der Waals surface area contributed by atoms with E-state index in [4.69, 9.17) is 13.6 Å². The lowest BCUT2D eigenvalue weighted by Crippen LogP contribution is -2.38. The molecule has 1 heterocycles. The first kappa shape index (κ1) is 11.8. The molecule has 1 amide bonds. The fraction of sp³-hybridized carbons (Fsp3) is 0.600. The van der Waals surface area contributed by atoms with Crippen LogP contribution in [0.4, 0.5) is 10.5 Å². The standard InChI is InChI=1S/C15H22N2O4/c1-15(2,3)21-14(19)16-12-6-5-7-17(13(12)18)10-8-11(9-10)20-4/h5-7,10-11H,8-9H2,1-4H3,(H,16,19)/i4D3. The lowest BCUT2D eigenvalue weighted by molar-refractivity contribution is 0.00519.